The molecule has 1 aliphatic carbocycles. The van der Waals surface area contributed by atoms with Gasteiger partial charge in [0, 0.05) is 19.1 Å². The largest absolute Gasteiger partial charge is 0.494 e. The first-order chi connectivity index (χ1) is 11.3. The van der Waals surface area contributed by atoms with Gasteiger partial charge in [0.2, 0.25) is 0 Å². The van der Waals surface area contributed by atoms with Gasteiger partial charge in [-0.1, -0.05) is 12.8 Å². The molecule has 4 nitrogen and oxygen atoms in total. The second kappa shape index (κ2) is 12.3. The number of guanidine groups is 1. The van der Waals surface area contributed by atoms with Gasteiger partial charge in [0.15, 0.2) is 5.96 Å². The summed E-state index contributed by atoms with van der Waals surface area (Å²) in [6, 6.07) is 6.72. The number of hydrogen-bond donors (Lipinski definition) is 2. The second-order valence-electron chi connectivity index (χ2n) is 5.90. The van der Waals surface area contributed by atoms with Crippen LogP contribution in [0.15, 0.2) is 29.3 Å². The number of hydrogen-bond acceptors (Lipinski definition) is 2. The topological polar surface area (TPSA) is 45.7 Å². The van der Waals surface area contributed by atoms with E-state index in [9.17, 15) is 4.39 Å². The number of rotatable bonds is 8. The third kappa shape index (κ3) is 8.17. The third-order valence-electron chi connectivity index (χ3n) is 3.94. The Bertz CT molecular complexity index is 476. The standard InChI is InChI=1S/C18H28FN3O.HI/c1-2-20-18(22-16-7-3-4-8-16)21-13-5-6-14-23-17-11-9-15(19)10-12-17;/h9-12,16H,2-8,13-14H2,1H3,(H2,20,21,22);1H. The van der Waals surface area contributed by atoms with Crippen LogP contribution >= 0.6 is 24.0 Å². The van der Waals surface area contributed by atoms with E-state index in [1.807, 2.05) is 0 Å². The zero-order chi connectivity index (χ0) is 16.3. The molecule has 1 aromatic rings. The van der Waals surface area contributed by atoms with Gasteiger partial charge in [-0.25, -0.2) is 4.39 Å². The van der Waals surface area contributed by atoms with Crippen molar-refractivity contribution >= 4 is 29.9 Å². The molecule has 2 N–H and O–H groups in total. The highest BCUT2D eigenvalue weighted by Gasteiger charge is 2.15. The van der Waals surface area contributed by atoms with Crippen LogP contribution in [0.3, 0.4) is 0 Å². The van der Waals surface area contributed by atoms with E-state index in [-0.39, 0.29) is 29.8 Å². The second-order valence-corrected chi connectivity index (χ2v) is 5.90. The Hall–Kier alpha value is -1.05. The summed E-state index contributed by atoms with van der Waals surface area (Å²) in [5.74, 6) is 1.40. The van der Waals surface area contributed by atoms with E-state index in [4.69, 9.17) is 4.74 Å². The smallest absolute Gasteiger partial charge is 0.191 e. The Morgan fingerprint density at radius 1 is 1.21 bits per heavy atom. The summed E-state index contributed by atoms with van der Waals surface area (Å²) in [6.07, 6.45) is 7.04. The van der Waals surface area contributed by atoms with Gasteiger partial charge in [0.25, 0.3) is 0 Å². The van der Waals surface area contributed by atoms with Crippen LogP contribution in [-0.2, 0) is 0 Å². The SMILES string of the molecule is CCNC(=NCCCCOc1ccc(F)cc1)NC1CCCC1.I. The van der Waals surface area contributed by atoms with E-state index in [2.05, 4.69) is 22.5 Å². The van der Waals surface area contributed by atoms with E-state index < -0.39 is 0 Å². The van der Waals surface area contributed by atoms with Crippen molar-refractivity contribution in [3.05, 3.63) is 30.1 Å². The van der Waals surface area contributed by atoms with E-state index in [1.54, 1.807) is 12.1 Å². The van der Waals surface area contributed by atoms with Gasteiger partial charge < -0.3 is 15.4 Å². The molecule has 0 bridgehead atoms. The zero-order valence-electron chi connectivity index (χ0n) is 14.4. The van der Waals surface area contributed by atoms with E-state index >= 15 is 0 Å². The Kier molecular flexibility index (Phi) is 10.8. The van der Waals surface area contributed by atoms with Crippen LogP contribution in [0, 0.1) is 5.82 Å². The quantitative estimate of drug-likeness (QED) is 0.272. The highest BCUT2D eigenvalue weighted by Crippen LogP contribution is 2.17. The number of nitrogens with zero attached hydrogens (tertiary/aromatic N) is 1. The van der Waals surface area contributed by atoms with Crippen molar-refractivity contribution < 1.29 is 9.13 Å². The summed E-state index contributed by atoms with van der Waals surface area (Å²) >= 11 is 0. The molecular formula is C18H29FIN3O. The first-order valence-corrected chi connectivity index (χ1v) is 8.71. The Morgan fingerprint density at radius 3 is 2.58 bits per heavy atom. The molecule has 0 amide bonds. The Balaban J connectivity index is 0.00000288. The fourth-order valence-corrected chi connectivity index (χ4v) is 2.71. The highest BCUT2D eigenvalue weighted by molar-refractivity contribution is 14.0. The summed E-state index contributed by atoms with van der Waals surface area (Å²) in [4.78, 5) is 4.62. The molecule has 2 rings (SSSR count). The molecule has 1 aromatic carbocycles. The lowest BCUT2D eigenvalue weighted by molar-refractivity contribution is 0.307. The number of aliphatic imine (C=N–C) groups is 1. The molecule has 0 radical (unpaired) electrons. The van der Waals surface area contributed by atoms with Gasteiger partial charge in [-0.2, -0.15) is 0 Å². The van der Waals surface area contributed by atoms with Crippen LogP contribution in [0.25, 0.3) is 0 Å². The van der Waals surface area contributed by atoms with Crippen LogP contribution in [0.1, 0.15) is 45.4 Å². The average Bonchev–Trinajstić information content (AvgIpc) is 3.05. The van der Waals surface area contributed by atoms with Crippen LogP contribution in [0.2, 0.25) is 0 Å². The lowest BCUT2D eigenvalue weighted by Gasteiger charge is -2.16. The Morgan fingerprint density at radius 2 is 1.92 bits per heavy atom. The minimum atomic E-state index is -0.239. The van der Waals surface area contributed by atoms with Crippen LogP contribution in [0.4, 0.5) is 4.39 Å². The van der Waals surface area contributed by atoms with Crippen LogP contribution < -0.4 is 15.4 Å². The number of halogens is 2. The highest BCUT2D eigenvalue weighted by atomic mass is 127. The molecule has 136 valence electrons. The van der Waals surface area contributed by atoms with Crippen molar-refractivity contribution in [1.29, 1.82) is 0 Å². The summed E-state index contributed by atoms with van der Waals surface area (Å²) in [7, 11) is 0. The molecule has 1 aliphatic rings. The molecule has 0 aromatic heterocycles. The normalized spacial score (nSPS) is 15.0. The van der Waals surface area contributed by atoms with Crippen molar-refractivity contribution in [2.24, 2.45) is 4.99 Å². The van der Waals surface area contributed by atoms with Crippen LogP contribution in [0.5, 0.6) is 5.75 Å². The summed E-state index contributed by atoms with van der Waals surface area (Å²) < 4.78 is 18.4. The maximum atomic E-state index is 12.8. The summed E-state index contributed by atoms with van der Waals surface area (Å²) in [5.41, 5.74) is 0. The molecule has 0 spiro atoms. The molecule has 0 atom stereocenters. The number of ether oxygens (including phenoxy) is 1. The first-order valence-electron chi connectivity index (χ1n) is 8.71. The van der Waals surface area contributed by atoms with Crippen molar-refractivity contribution in [3.63, 3.8) is 0 Å². The fourth-order valence-electron chi connectivity index (χ4n) is 2.71. The van der Waals surface area contributed by atoms with Crippen molar-refractivity contribution in [1.82, 2.24) is 10.6 Å². The molecule has 6 heteroatoms. The molecule has 1 saturated carbocycles. The number of unbranched alkanes of at least 4 members (excludes halogenated alkanes) is 1. The molecule has 0 heterocycles. The van der Waals surface area contributed by atoms with Crippen molar-refractivity contribution in [2.75, 3.05) is 19.7 Å². The van der Waals surface area contributed by atoms with Crippen molar-refractivity contribution in [2.45, 2.75) is 51.5 Å². The zero-order valence-corrected chi connectivity index (χ0v) is 16.7. The number of benzene rings is 1. The summed E-state index contributed by atoms with van der Waals surface area (Å²) in [6.45, 7) is 4.39. The monoisotopic (exact) mass is 449 g/mol. The number of nitrogens with one attached hydrogen (secondary N) is 2. The Labute approximate surface area is 161 Å². The van der Waals surface area contributed by atoms with Gasteiger partial charge >= 0.3 is 0 Å². The maximum Gasteiger partial charge on any atom is 0.191 e. The molecule has 0 aliphatic heterocycles. The van der Waals surface area contributed by atoms with E-state index in [0.29, 0.717) is 18.4 Å². The first kappa shape index (κ1) is 21.0. The molecule has 0 saturated heterocycles. The van der Waals surface area contributed by atoms with Gasteiger partial charge in [-0.3, -0.25) is 4.99 Å². The minimum Gasteiger partial charge on any atom is -0.494 e. The lowest BCUT2D eigenvalue weighted by Crippen LogP contribution is -2.42. The van der Waals surface area contributed by atoms with Crippen molar-refractivity contribution in [3.8, 4) is 5.75 Å². The predicted octanol–water partition coefficient (Wildman–Crippen LogP) is 4.10. The van der Waals surface area contributed by atoms with Crippen LogP contribution in [-0.4, -0.2) is 31.7 Å². The molecule has 0 unspecified atom stereocenters. The lowest BCUT2D eigenvalue weighted by atomic mass is 10.2. The summed E-state index contributed by atoms with van der Waals surface area (Å²) in [5, 5.41) is 6.81. The van der Waals surface area contributed by atoms with E-state index in [0.717, 1.165) is 31.9 Å². The van der Waals surface area contributed by atoms with Gasteiger partial charge in [-0.15, -0.1) is 24.0 Å². The minimum absolute atomic E-state index is 0. The molecular weight excluding hydrogens is 420 g/mol. The third-order valence-corrected chi connectivity index (χ3v) is 3.94. The van der Waals surface area contributed by atoms with Gasteiger partial charge in [-0.05, 0) is 56.9 Å². The van der Waals surface area contributed by atoms with E-state index in [1.165, 1.54) is 37.8 Å². The van der Waals surface area contributed by atoms with Gasteiger partial charge in [0.05, 0.1) is 6.61 Å². The maximum absolute atomic E-state index is 12.8. The fraction of sp³-hybridized carbons (Fsp3) is 0.611. The average molecular weight is 449 g/mol. The molecule has 1 fully saturated rings. The molecule has 24 heavy (non-hydrogen) atoms. The predicted molar refractivity (Wildman–Crippen MR) is 108 cm³/mol. The van der Waals surface area contributed by atoms with Gasteiger partial charge in [0.1, 0.15) is 11.6 Å².